The standard InChI is InChI=1S/C16H16F3NO2/c1-11-2-4-12(5-3-11)13-6-7-14(21-9-8-20)15(10-13)22-16(17,18)19/h2-7,10H,8-9,20H2,1H3. The van der Waals surface area contributed by atoms with Gasteiger partial charge in [-0.1, -0.05) is 35.9 Å². The molecule has 0 radical (unpaired) electrons. The molecule has 0 fully saturated rings. The van der Waals surface area contributed by atoms with Crippen LogP contribution in [0.25, 0.3) is 11.1 Å². The minimum Gasteiger partial charge on any atom is -0.488 e. The number of benzene rings is 2. The van der Waals surface area contributed by atoms with Crippen molar-refractivity contribution in [3.8, 4) is 22.6 Å². The summed E-state index contributed by atoms with van der Waals surface area (Å²) in [6, 6.07) is 11.9. The van der Waals surface area contributed by atoms with Crippen LogP contribution < -0.4 is 15.2 Å². The molecular formula is C16H16F3NO2. The van der Waals surface area contributed by atoms with Crippen LogP contribution in [0.2, 0.25) is 0 Å². The van der Waals surface area contributed by atoms with Crippen LogP contribution in [0.5, 0.6) is 11.5 Å². The summed E-state index contributed by atoms with van der Waals surface area (Å²) in [4.78, 5) is 0. The topological polar surface area (TPSA) is 44.5 Å². The van der Waals surface area contributed by atoms with Crippen LogP contribution in [0.4, 0.5) is 13.2 Å². The molecule has 22 heavy (non-hydrogen) atoms. The highest BCUT2D eigenvalue weighted by atomic mass is 19.4. The molecule has 118 valence electrons. The van der Waals surface area contributed by atoms with Gasteiger partial charge in [0.05, 0.1) is 0 Å². The van der Waals surface area contributed by atoms with Crippen molar-refractivity contribution in [3.05, 3.63) is 48.0 Å². The zero-order valence-corrected chi connectivity index (χ0v) is 12.0. The molecule has 0 bridgehead atoms. The molecule has 2 aromatic rings. The van der Waals surface area contributed by atoms with Crippen LogP contribution in [-0.2, 0) is 0 Å². The van der Waals surface area contributed by atoms with Gasteiger partial charge in [-0.15, -0.1) is 13.2 Å². The van der Waals surface area contributed by atoms with E-state index in [4.69, 9.17) is 10.5 Å². The van der Waals surface area contributed by atoms with E-state index in [1.165, 1.54) is 12.1 Å². The van der Waals surface area contributed by atoms with E-state index in [1.807, 2.05) is 31.2 Å². The van der Waals surface area contributed by atoms with E-state index in [0.29, 0.717) is 5.56 Å². The molecule has 0 aromatic heterocycles. The zero-order chi connectivity index (χ0) is 16.2. The number of hydrogen-bond donors (Lipinski definition) is 1. The smallest absolute Gasteiger partial charge is 0.488 e. The predicted molar refractivity (Wildman–Crippen MR) is 77.8 cm³/mol. The molecule has 0 aliphatic rings. The summed E-state index contributed by atoms with van der Waals surface area (Å²) in [7, 11) is 0. The molecule has 2 aromatic carbocycles. The highest BCUT2D eigenvalue weighted by Gasteiger charge is 2.32. The van der Waals surface area contributed by atoms with Crippen LogP contribution in [0.1, 0.15) is 5.56 Å². The molecule has 0 aliphatic carbocycles. The first-order valence-corrected chi connectivity index (χ1v) is 6.69. The molecular weight excluding hydrogens is 295 g/mol. The Hall–Kier alpha value is -2.21. The summed E-state index contributed by atoms with van der Waals surface area (Å²) in [6.45, 7) is 2.25. The number of rotatable bonds is 5. The zero-order valence-electron chi connectivity index (χ0n) is 12.0. The maximum Gasteiger partial charge on any atom is 0.573 e. The Morgan fingerprint density at radius 1 is 0.955 bits per heavy atom. The molecule has 2 N–H and O–H groups in total. The van der Waals surface area contributed by atoms with Crippen LogP contribution >= 0.6 is 0 Å². The third-order valence-electron chi connectivity index (χ3n) is 2.93. The molecule has 0 unspecified atom stereocenters. The Labute approximate surface area is 126 Å². The number of nitrogens with two attached hydrogens (primary N) is 1. The largest absolute Gasteiger partial charge is 0.573 e. The van der Waals surface area contributed by atoms with Crippen molar-refractivity contribution in [2.24, 2.45) is 5.73 Å². The minimum atomic E-state index is -4.78. The van der Waals surface area contributed by atoms with Gasteiger partial charge < -0.3 is 15.2 Å². The van der Waals surface area contributed by atoms with Gasteiger partial charge in [-0.3, -0.25) is 0 Å². The second-order valence-corrected chi connectivity index (χ2v) is 4.71. The Bertz CT molecular complexity index is 624. The summed E-state index contributed by atoms with van der Waals surface area (Å²) in [6.07, 6.45) is -4.78. The van der Waals surface area contributed by atoms with Gasteiger partial charge in [0.2, 0.25) is 0 Å². The lowest BCUT2D eigenvalue weighted by atomic mass is 10.0. The highest BCUT2D eigenvalue weighted by Crippen LogP contribution is 2.36. The van der Waals surface area contributed by atoms with Crippen molar-refractivity contribution in [3.63, 3.8) is 0 Å². The first-order chi connectivity index (χ1) is 10.4. The number of aryl methyl sites for hydroxylation is 1. The van der Waals surface area contributed by atoms with E-state index < -0.39 is 6.36 Å². The third kappa shape index (κ3) is 4.39. The van der Waals surface area contributed by atoms with Gasteiger partial charge in [0.15, 0.2) is 11.5 Å². The maximum absolute atomic E-state index is 12.5. The van der Waals surface area contributed by atoms with E-state index in [0.717, 1.165) is 11.1 Å². The highest BCUT2D eigenvalue weighted by molar-refractivity contribution is 5.67. The van der Waals surface area contributed by atoms with Gasteiger partial charge in [0, 0.05) is 6.54 Å². The maximum atomic E-state index is 12.5. The molecule has 0 atom stereocenters. The first kappa shape index (κ1) is 16.2. The second-order valence-electron chi connectivity index (χ2n) is 4.71. The van der Waals surface area contributed by atoms with Crippen molar-refractivity contribution >= 4 is 0 Å². The van der Waals surface area contributed by atoms with E-state index >= 15 is 0 Å². The van der Waals surface area contributed by atoms with E-state index in [2.05, 4.69) is 4.74 Å². The second kappa shape index (κ2) is 6.70. The van der Waals surface area contributed by atoms with Crippen LogP contribution in [0.15, 0.2) is 42.5 Å². The summed E-state index contributed by atoms with van der Waals surface area (Å²) in [5.41, 5.74) is 7.77. The number of alkyl halides is 3. The Morgan fingerprint density at radius 2 is 1.59 bits per heavy atom. The number of hydrogen-bond acceptors (Lipinski definition) is 3. The molecule has 2 rings (SSSR count). The lowest BCUT2D eigenvalue weighted by Crippen LogP contribution is -2.18. The lowest BCUT2D eigenvalue weighted by Gasteiger charge is -2.15. The average molecular weight is 311 g/mol. The summed E-state index contributed by atoms with van der Waals surface area (Å²) in [5.74, 6) is -0.363. The van der Waals surface area contributed by atoms with Crippen molar-refractivity contribution in [1.29, 1.82) is 0 Å². The average Bonchev–Trinajstić information content (AvgIpc) is 2.45. The molecule has 0 heterocycles. The number of ether oxygens (including phenoxy) is 2. The number of halogens is 3. The molecule has 0 spiro atoms. The molecule has 0 amide bonds. The monoisotopic (exact) mass is 311 g/mol. The van der Waals surface area contributed by atoms with Crippen molar-refractivity contribution in [2.75, 3.05) is 13.2 Å². The van der Waals surface area contributed by atoms with Gasteiger partial charge in [0.1, 0.15) is 6.61 Å². The Kier molecular flexibility index (Phi) is 4.92. The molecule has 0 aliphatic heterocycles. The summed E-state index contributed by atoms with van der Waals surface area (Å²) >= 11 is 0. The summed E-state index contributed by atoms with van der Waals surface area (Å²) in [5, 5.41) is 0. The predicted octanol–water partition coefficient (Wildman–Crippen LogP) is 3.90. The van der Waals surface area contributed by atoms with Gasteiger partial charge in [-0.25, -0.2) is 0 Å². The van der Waals surface area contributed by atoms with E-state index in [-0.39, 0.29) is 24.7 Å². The van der Waals surface area contributed by atoms with Crippen LogP contribution in [-0.4, -0.2) is 19.5 Å². The van der Waals surface area contributed by atoms with E-state index in [1.54, 1.807) is 6.07 Å². The molecule has 6 heteroatoms. The van der Waals surface area contributed by atoms with Crippen molar-refractivity contribution < 1.29 is 22.6 Å². The van der Waals surface area contributed by atoms with Gasteiger partial charge in [-0.2, -0.15) is 0 Å². The van der Waals surface area contributed by atoms with Gasteiger partial charge >= 0.3 is 6.36 Å². The van der Waals surface area contributed by atoms with Gasteiger partial charge in [-0.05, 0) is 30.2 Å². The minimum absolute atomic E-state index is 0.0126. The van der Waals surface area contributed by atoms with Gasteiger partial charge in [0.25, 0.3) is 0 Å². The van der Waals surface area contributed by atoms with Crippen LogP contribution in [0, 0.1) is 6.92 Å². The fraction of sp³-hybridized carbons (Fsp3) is 0.250. The fourth-order valence-corrected chi connectivity index (χ4v) is 1.93. The van der Waals surface area contributed by atoms with Crippen LogP contribution in [0.3, 0.4) is 0 Å². The van der Waals surface area contributed by atoms with E-state index in [9.17, 15) is 13.2 Å². The normalized spacial score (nSPS) is 11.3. The first-order valence-electron chi connectivity index (χ1n) is 6.69. The Balaban J connectivity index is 2.37. The molecule has 0 saturated carbocycles. The Morgan fingerprint density at radius 3 is 2.18 bits per heavy atom. The van der Waals surface area contributed by atoms with Crippen molar-refractivity contribution in [2.45, 2.75) is 13.3 Å². The van der Waals surface area contributed by atoms with Crippen molar-refractivity contribution in [1.82, 2.24) is 0 Å². The SMILES string of the molecule is Cc1ccc(-c2ccc(OCCN)c(OC(F)(F)F)c2)cc1. The third-order valence-corrected chi connectivity index (χ3v) is 2.93. The quantitative estimate of drug-likeness (QED) is 0.911. The summed E-state index contributed by atoms with van der Waals surface area (Å²) < 4.78 is 46.8. The molecule has 0 saturated heterocycles. The fourth-order valence-electron chi connectivity index (χ4n) is 1.93. The lowest BCUT2D eigenvalue weighted by molar-refractivity contribution is -0.275. The molecule has 3 nitrogen and oxygen atoms in total.